The van der Waals surface area contributed by atoms with Crippen molar-refractivity contribution in [3.63, 3.8) is 0 Å². The summed E-state index contributed by atoms with van der Waals surface area (Å²) in [6, 6.07) is 8.09. The van der Waals surface area contributed by atoms with Crippen molar-refractivity contribution in [2.45, 2.75) is 38.3 Å². The monoisotopic (exact) mass is 447 g/mol. The van der Waals surface area contributed by atoms with E-state index in [1.807, 2.05) is 22.8 Å². The van der Waals surface area contributed by atoms with Gasteiger partial charge in [-0.05, 0) is 37.1 Å². The minimum atomic E-state index is -0.796. The first-order chi connectivity index (χ1) is 14.5. The van der Waals surface area contributed by atoms with Gasteiger partial charge in [-0.1, -0.05) is 42.1 Å². The molecule has 1 aliphatic heterocycles. The number of halogens is 3. The zero-order chi connectivity index (χ0) is 21.3. The van der Waals surface area contributed by atoms with Crippen LogP contribution in [0.2, 0.25) is 10.0 Å². The molecule has 4 rings (SSSR count). The minimum absolute atomic E-state index is 0.0686. The van der Waals surface area contributed by atoms with Gasteiger partial charge >= 0.3 is 0 Å². The zero-order valence-electron chi connectivity index (χ0n) is 16.4. The molecule has 0 spiro atoms. The van der Waals surface area contributed by atoms with Crippen molar-refractivity contribution in [2.24, 2.45) is 0 Å². The van der Waals surface area contributed by atoms with Gasteiger partial charge in [0.05, 0.1) is 21.7 Å². The second-order valence-electron chi connectivity index (χ2n) is 7.25. The summed E-state index contributed by atoms with van der Waals surface area (Å²) < 4.78 is 16.2. The van der Waals surface area contributed by atoms with Crippen LogP contribution in [0.15, 0.2) is 36.5 Å². The molecule has 0 aliphatic carbocycles. The SMILES string of the molecule is CN(C(=O)c1ccc(Cl)c(F)c1Cl)C1CCCCCn2c(-c3ccccn3)nnc21. The summed E-state index contributed by atoms with van der Waals surface area (Å²) in [5.74, 6) is 0.177. The molecule has 1 aliphatic rings. The van der Waals surface area contributed by atoms with Crippen molar-refractivity contribution in [3.05, 3.63) is 63.8 Å². The van der Waals surface area contributed by atoms with Crippen LogP contribution >= 0.6 is 23.2 Å². The molecule has 156 valence electrons. The highest BCUT2D eigenvalue weighted by Gasteiger charge is 2.31. The Kier molecular flexibility index (Phi) is 6.01. The quantitative estimate of drug-likeness (QED) is 0.519. The fourth-order valence-corrected chi connectivity index (χ4v) is 4.22. The van der Waals surface area contributed by atoms with Gasteiger partial charge in [0.25, 0.3) is 5.91 Å². The lowest BCUT2D eigenvalue weighted by molar-refractivity contribution is 0.0705. The molecule has 0 fully saturated rings. The second-order valence-corrected chi connectivity index (χ2v) is 8.04. The molecule has 0 N–H and O–H groups in total. The van der Waals surface area contributed by atoms with E-state index in [2.05, 4.69) is 15.2 Å². The molecule has 0 radical (unpaired) electrons. The van der Waals surface area contributed by atoms with E-state index in [-0.39, 0.29) is 21.7 Å². The van der Waals surface area contributed by atoms with Crippen LogP contribution in [0.3, 0.4) is 0 Å². The Balaban J connectivity index is 1.72. The van der Waals surface area contributed by atoms with Crippen molar-refractivity contribution in [2.75, 3.05) is 7.05 Å². The molecule has 3 aromatic rings. The summed E-state index contributed by atoms with van der Waals surface area (Å²) in [7, 11) is 1.68. The highest BCUT2D eigenvalue weighted by atomic mass is 35.5. The Morgan fingerprint density at radius 2 is 2.00 bits per heavy atom. The molecular weight excluding hydrogens is 428 g/mol. The van der Waals surface area contributed by atoms with Gasteiger partial charge in [-0.3, -0.25) is 9.78 Å². The van der Waals surface area contributed by atoms with E-state index in [1.165, 1.54) is 12.1 Å². The molecule has 1 atom stereocenters. The number of aromatic nitrogens is 4. The summed E-state index contributed by atoms with van der Waals surface area (Å²) in [6.45, 7) is 0.739. The first-order valence-electron chi connectivity index (χ1n) is 9.74. The molecule has 0 bridgehead atoms. The molecule has 30 heavy (non-hydrogen) atoms. The Bertz CT molecular complexity index is 1070. The molecule has 1 aromatic carbocycles. The Morgan fingerprint density at radius 1 is 1.17 bits per heavy atom. The van der Waals surface area contributed by atoms with E-state index in [9.17, 15) is 9.18 Å². The van der Waals surface area contributed by atoms with Crippen molar-refractivity contribution < 1.29 is 9.18 Å². The maximum Gasteiger partial charge on any atom is 0.255 e. The third-order valence-corrected chi connectivity index (χ3v) is 6.05. The van der Waals surface area contributed by atoms with E-state index in [0.717, 1.165) is 37.9 Å². The van der Waals surface area contributed by atoms with E-state index in [0.29, 0.717) is 11.6 Å². The van der Waals surface area contributed by atoms with Gasteiger partial charge in [0.15, 0.2) is 17.5 Å². The third-order valence-electron chi connectivity index (χ3n) is 5.38. The number of nitrogens with zero attached hydrogens (tertiary/aromatic N) is 5. The van der Waals surface area contributed by atoms with Gasteiger partial charge in [-0.15, -0.1) is 10.2 Å². The van der Waals surface area contributed by atoms with Crippen molar-refractivity contribution >= 4 is 29.1 Å². The Hall–Kier alpha value is -2.51. The van der Waals surface area contributed by atoms with Crippen LogP contribution in [0.4, 0.5) is 4.39 Å². The van der Waals surface area contributed by atoms with E-state index in [4.69, 9.17) is 23.2 Å². The number of hydrogen-bond acceptors (Lipinski definition) is 4. The van der Waals surface area contributed by atoms with Crippen LogP contribution < -0.4 is 0 Å². The fraction of sp³-hybridized carbons (Fsp3) is 0.333. The normalized spacial score (nSPS) is 16.5. The molecule has 3 heterocycles. The average Bonchev–Trinajstić information content (AvgIpc) is 3.15. The van der Waals surface area contributed by atoms with Crippen LogP contribution in [-0.2, 0) is 6.54 Å². The van der Waals surface area contributed by atoms with Crippen molar-refractivity contribution in [1.29, 1.82) is 0 Å². The first-order valence-corrected chi connectivity index (χ1v) is 10.5. The lowest BCUT2D eigenvalue weighted by atomic mass is 10.0. The summed E-state index contributed by atoms with van der Waals surface area (Å²) in [5.41, 5.74) is 0.798. The second kappa shape index (κ2) is 8.70. The maximum atomic E-state index is 14.1. The number of carbonyl (C=O) groups is 1. The lowest BCUT2D eigenvalue weighted by Gasteiger charge is -2.30. The molecule has 9 heteroatoms. The standard InChI is InChI=1S/C21H20Cl2FN5O/c1-28(21(30)13-9-10-14(22)18(24)17(13)23)16-8-3-2-6-12-29-19(26-27-20(16)29)15-7-4-5-11-25-15/h4-5,7,9-11,16H,2-3,6,8,12H2,1H3. The minimum Gasteiger partial charge on any atom is -0.331 e. The predicted molar refractivity (Wildman–Crippen MR) is 113 cm³/mol. The molecule has 0 saturated carbocycles. The number of fused-ring (bicyclic) bond motifs is 1. The number of rotatable bonds is 3. The molecule has 0 saturated heterocycles. The van der Waals surface area contributed by atoms with Crippen LogP contribution in [0.25, 0.3) is 11.5 Å². The largest absolute Gasteiger partial charge is 0.331 e. The number of hydrogen-bond donors (Lipinski definition) is 0. The summed E-state index contributed by atoms with van der Waals surface area (Å²) in [4.78, 5) is 19.1. The maximum absolute atomic E-state index is 14.1. The van der Waals surface area contributed by atoms with Gasteiger partial charge in [0.1, 0.15) is 5.69 Å². The Morgan fingerprint density at radius 3 is 2.77 bits per heavy atom. The van der Waals surface area contributed by atoms with Crippen molar-refractivity contribution in [3.8, 4) is 11.5 Å². The average molecular weight is 448 g/mol. The number of carbonyl (C=O) groups excluding carboxylic acids is 1. The summed E-state index contributed by atoms with van der Waals surface area (Å²) >= 11 is 11.8. The number of pyridine rings is 1. The smallest absolute Gasteiger partial charge is 0.255 e. The first kappa shape index (κ1) is 20.8. The highest BCUT2D eigenvalue weighted by molar-refractivity contribution is 6.37. The lowest BCUT2D eigenvalue weighted by Crippen LogP contribution is -2.34. The molecule has 1 amide bonds. The third kappa shape index (κ3) is 3.79. The van der Waals surface area contributed by atoms with Gasteiger partial charge in [0, 0.05) is 19.8 Å². The number of amides is 1. The van der Waals surface area contributed by atoms with E-state index >= 15 is 0 Å². The van der Waals surface area contributed by atoms with Crippen molar-refractivity contribution in [1.82, 2.24) is 24.6 Å². The number of benzene rings is 1. The summed E-state index contributed by atoms with van der Waals surface area (Å²) in [6.07, 6.45) is 5.38. The predicted octanol–water partition coefficient (Wildman–Crippen LogP) is 5.17. The van der Waals surface area contributed by atoms with E-state index < -0.39 is 11.7 Å². The summed E-state index contributed by atoms with van der Waals surface area (Å²) in [5, 5.41) is 8.39. The van der Waals surface area contributed by atoms with Crippen LogP contribution in [0.5, 0.6) is 0 Å². The highest BCUT2D eigenvalue weighted by Crippen LogP contribution is 2.33. The molecular formula is C21H20Cl2FN5O. The molecule has 6 nitrogen and oxygen atoms in total. The van der Waals surface area contributed by atoms with Crippen LogP contribution in [0, 0.1) is 5.82 Å². The zero-order valence-corrected chi connectivity index (χ0v) is 17.9. The molecule has 2 aromatic heterocycles. The Labute approximate surface area is 183 Å². The topological polar surface area (TPSA) is 63.9 Å². The van der Waals surface area contributed by atoms with Crippen LogP contribution in [-0.4, -0.2) is 37.6 Å². The van der Waals surface area contributed by atoms with Gasteiger partial charge in [0.2, 0.25) is 0 Å². The van der Waals surface area contributed by atoms with Gasteiger partial charge in [-0.2, -0.15) is 0 Å². The van der Waals surface area contributed by atoms with Crippen LogP contribution in [0.1, 0.15) is 47.9 Å². The molecule has 1 unspecified atom stereocenters. The fourth-order valence-electron chi connectivity index (χ4n) is 3.77. The van der Waals surface area contributed by atoms with Gasteiger partial charge < -0.3 is 9.47 Å². The van der Waals surface area contributed by atoms with Gasteiger partial charge in [-0.25, -0.2) is 4.39 Å². The van der Waals surface area contributed by atoms with E-state index in [1.54, 1.807) is 18.1 Å².